The van der Waals surface area contributed by atoms with Gasteiger partial charge in [-0.25, -0.2) is 4.79 Å². The smallest absolute Gasteiger partial charge is 0.410 e. The highest BCUT2D eigenvalue weighted by molar-refractivity contribution is 5.68. The zero-order valence-corrected chi connectivity index (χ0v) is 12.4. The number of carbonyl (C=O) groups is 1. The molecule has 0 N–H and O–H groups in total. The summed E-state index contributed by atoms with van der Waals surface area (Å²) in [6.45, 7) is 9.30. The van der Waals surface area contributed by atoms with Gasteiger partial charge in [0.2, 0.25) is 0 Å². The summed E-state index contributed by atoms with van der Waals surface area (Å²) in [7, 11) is 0. The van der Waals surface area contributed by atoms with Crippen molar-refractivity contribution in [1.82, 2.24) is 4.90 Å². The van der Waals surface area contributed by atoms with Crippen LogP contribution >= 0.6 is 0 Å². The van der Waals surface area contributed by atoms with E-state index in [0.717, 1.165) is 6.42 Å². The fraction of sp³-hybridized carbons (Fsp3) is 0.933. The second kappa shape index (κ2) is 6.60. The third-order valence-electron chi connectivity index (χ3n) is 4.48. The van der Waals surface area contributed by atoms with E-state index in [2.05, 4.69) is 20.8 Å². The molecule has 2 aliphatic rings. The maximum atomic E-state index is 12.2. The first-order valence-electron chi connectivity index (χ1n) is 7.61. The van der Waals surface area contributed by atoms with Crippen LogP contribution in [0.4, 0.5) is 4.79 Å². The van der Waals surface area contributed by atoms with Crippen LogP contribution in [-0.2, 0) is 9.47 Å². The number of hydrogen-bond donors (Lipinski definition) is 0. The van der Waals surface area contributed by atoms with Crippen molar-refractivity contribution in [2.75, 3.05) is 26.3 Å². The maximum absolute atomic E-state index is 12.2. The van der Waals surface area contributed by atoms with Gasteiger partial charge < -0.3 is 14.4 Å². The Morgan fingerprint density at radius 1 is 1.26 bits per heavy atom. The minimum Gasteiger partial charge on any atom is -0.446 e. The van der Waals surface area contributed by atoms with Gasteiger partial charge in [-0.05, 0) is 30.6 Å². The zero-order valence-electron chi connectivity index (χ0n) is 12.4. The molecule has 2 unspecified atom stereocenters. The SMILES string of the molecule is CC1CC[C@@H](C(C)C)C(OC(=O)N2CCOCC2)C1. The van der Waals surface area contributed by atoms with Gasteiger partial charge in [0, 0.05) is 13.1 Å². The Morgan fingerprint density at radius 3 is 2.58 bits per heavy atom. The molecule has 1 aliphatic heterocycles. The summed E-state index contributed by atoms with van der Waals surface area (Å²) in [5.41, 5.74) is 0. The first-order valence-corrected chi connectivity index (χ1v) is 7.61. The maximum Gasteiger partial charge on any atom is 0.410 e. The average Bonchev–Trinajstić information content (AvgIpc) is 2.39. The Hall–Kier alpha value is -0.770. The molecule has 2 rings (SSSR count). The van der Waals surface area contributed by atoms with Crippen LogP contribution < -0.4 is 0 Å². The lowest BCUT2D eigenvalue weighted by atomic mass is 9.75. The lowest BCUT2D eigenvalue weighted by Crippen LogP contribution is -2.44. The molecule has 4 heteroatoms. The molecule has 0 radical (unpaired) electrons. The minimum absolute atomic E-state index is 0.0964. The second-order valence-corrected chi connectivity index (χ2v) is 6.35. The van der Waals surface area contributed by atoms with Crippen LogP contribution in [0.15, 0.2) is 0 Å². The van der Waals surface area contributed by atoms with Crippen molar-refractivity contribution in [3.05, 3.63) is 0 Å². The average molecular weight is 269 g/mol. The van der Waals surface area contributed by atoms with E-state index in [0.29, 0.717) is 44.1 Å². The standard InChI is InChI=1S/C15H27NO3/c1-11(2)13-5-4-12(3)10-14(13)19-15(17)16-6-8-18-9-7-16/h11-14H,4-10H2,1-3H3/t12?,13-,14?/m0/s1. The molecule has 0 aromatic rings. The van der Waals surface area contributed by atoms with Crippen molar-refractivity contribution < 1.29 is 14.3 Å². The number of nitrogens with zero attached hydrogens (tertiary/aromatic N) is 1. The third-order valence-corrected chi connectivity index (χ3v) is 4.48. The molecule has 0 aromatic carbocycles. The van der Waals surface area contributed by atoms with Crippen molar-refractivity contribution in [2.24, 2.45) is 17.8 Å². The Labute approximate surface area is 116 Å². The van der Waals surface area contributed by atoms with Gasteiger partial charge in [0.05, 0.1) is 13.2 Å². The number of rotatable bonds is 2. The highest BCUT2D eigenvalue weighted by Gasteiger charge is 2.34. The van der Waals surface area contributed by atoms with E-state index in [1.807, 2.05) is 0 Å². The molecule has 1 saturated heterocycles. The zero-order chi connectivity index (χ0) is 13.8. The molecular formula is C15H27NO3. The summed E-state index contributed by atoms with van der Waals surface area (Å²) >= 11 is 0. The summed E-state index contributed by atoms with van der Waals surface area (Å²) in [5, 5.41) is 0. The summed E-state index contributed by atoms with van der Waals surface area (Å²) in [6, 6.07) is 0. The van der Waals surface area contributed by atoms with Crippen LogP contribution in [0, 0.1) is 17.8 Å². The van der Waals surface area contributed by atoms with E-state index in [4.69, 9.17) is 9.47 Å². The molecule has 19 heavy (non-hydrogen) atoms. The molecule has 0 aromatic heterocycles. The van der Waals surface area contributed by atoms with Crippen molar-refractivity contribution in [3.8, 4) is 0 Å². The molecule has 110 valence electrons. The van der Waals surface area contributed by atoms with Crippen LogP contribution in [0.25, 0.3) is 0 Å². The molecule has 1 aliphatic carbocycles. The Balaban J connectivity index is 1.92. The Bertz CT molecular complexity index is 300. The first kappa shape index (κ1) is 14.6. The third kappa shape index (κ3) is 3.85. The van der Waals surface area contributed by atoms with Crippen molar-refractivity contribution in [1.29, 1.82) is 0 Å². The van der Waals surface area contributed by atoms with E-state index in [1.165, 1.54) is 12.8 Å². The largest absolute Gasteiger partial charge is 0.446 e. The fourth-order valence-corrected chi connectivity index (χ4v) is 3.20. The van der Waals surface area contributed by atoms with Crippen molar-refractivity contribution >= 4 is 6.09 Å². The predicted molar refractivity (Wildman–Crippen MR) is 74.0 cm³/mol. The number of morpholine rings is 1. The summed E-state index contributed by atoms with van der Waals surface area (Å²) in [4.78, 5) is 14.0. The molecule has 1 amide bonds. The monoisotopic (exact) mass is 269 g/mol. The van der Waals surface area contributed by atoms with Gasteiger partial charge in [0.15, 0.2) is 0 Å². The Morgan fingerprint density at radius 2 is 1.95 bits per heavy atom. The highest BCUT2D eigenvalue weighted by Crippen LogP contribution is 2.35. The highest BCUT2D eigenvalue weighted by atomic mass is 16.6. The molecule has 0 spiro atoms. The van der Waals surface area contributed by atoms with Crippen molar-refractivity contribution in [3.63, 3.8) is 0 Å². The van der Waals surface area contributed by atoms with Crippen LogP contribution in [0.1, 0.15) is 40.0 Å². The summed E-state index contributed by atoms with van der Waals surface area (Å²) in [6.07, 6.45) is 3.40. The summed E-state index contributed by atoms with van der Waals surface area (Å²) < 4.78 is 11.1. The van der Waals surface area contributed by atoms with Crippen LogP contribution in [-0.4, -0.2) is 43.4 Å². The second-order valence-electron chi connectivity index (χ2n) is 6.35. The van der Waals surface area contributed by atoms with Gasteiger partial charge in [-0.15, -0.1) is 0 Å². The van der Waals surface area contributed by atoms with Crippen LogP contribution in [0.5, 0.6) is 0 Å². The van der Waals surface area contributed by atoms with E-state index >= 15 is 0 Å². The summed E-state index contributed by atoms with van der Waals surface area (Å²) in [5.74, 6) is 1.76. The minimum atomic E-state index is -0.145. The number of ether oxygens (including phenoxy) is 2. The normalized spacial score (nSPS) is 32.4. The number of hydrogen-bond acceptors (Lipinski definition) is 3. The molecular weight excluding hydrogens is 242 g/mol. The Kier molecular flexibility index (Phi) is 5.08. The predicted octanol–water partition coefficient (Wildman–Crippen LogP) is 2.92. The van der Waals surface area contributed by atoms with Gasteiger partial charge in [-0.2, -0.15) is 0 Å². The van der Waals surface area contributed by atoms with Gasteiger partial charge >= 0.3 is 6.09 Å². The fourth-order valence-electron chi connectivity index (χ4n) is 3.20. The molecule has 3 atom stereocenters. The van der Waals surface area contributed by atoms with Crippen molar-refractivity contribution in [2.45, 2.75) is 46.1 Å². The molecule has 0 bridgehead atoms. The number of amides is 1. The van der Waals surface area contributed by atoms with Crippen LogP contribution in [0.2, 0.25) is 0 Å². The van der Waals surface area contributed by atoms with E-state index < -0.39 is 0 Å². The first-order chi connectivity index (χ1) is 9.08. The van der Waals surface area contributed by atoms with Gasteiger partial charge in [0.1, 0.15) is 6.10 Å². The van der Waals surface area contributed by atoms with E-state index in [-0.39, 0.29) is 12.2 Å². The quantitative estimate of drug-likeness (QED) is 0.773. The van der Waals surface area contributed by atoms with Gasteiger partial charge in [-0.3, -0.25) is 0 Å². The molecule has 1 heterocycles. The lowest BCUT2D eigenvalue weighted by Gasteiger charge is -2.38. The molecule has 1 saturated carbocycles. The van der Waals surface area contributed by atoms with Gasteiger partial charge in [-0.1, -0.05) is 27.2 Å². The number of carbonyl (C=O) groups excluding carboxylic acids is 1. The lowest BCUT2D eigenvalue weighted by molar-refractivity contribution is -0.0268. The van der Waals surface area contributed by atoms with Crippen LogP contribution in [0.3, 0.4) is 0 Å². The molecule has 2 fully saturated rings. The topological polar surface area (TPSA) is 38.8 Å². The van der Waals surface area contributed by atoms with Gasteiger partial charge in [0.25, 0.3) is 0 Å². The molecule has 4 nitrogen and oxygen atoms in total. The van der Waals surface area contributed by atoms with E-state index in [9.17, 15) is 4.79 Å². The van der Waals surface area contributed by atoms with E-state index in [1.54, 1.807) is 4.90 Å².